The number of amides is 2. The van der Waals surface area contributed by atoms with Crippen molar-refractivity contribution in [1.82, 2.24) is 9.88 Å². The Bertz CT molecular complexity index is 583. The van der Waals surface area contributed by atoms with E-state index in [1.165, 1.54) is 22.5 Å². The number of nitrogens with zero attached hydrogens (tertiary/aromatic N) is 2. The molecule has 2 heterocycles. The highest BCUT2D eigenvalue weighted by atomic mass is 32.1. The molecule has 0 aliphatic rings. The van der Waals surface area contributed by atoms with Crippen molar-refractivity contribution < 1.29 is 18.7 Å². The molecule has 0 saturated heterocycles. The minimum absolute atomic E-state index is 0.0666. The molecule has 118 valence electrons. The van der Waals surface area contributed by atoms with E-state index < -0.39 is 0 Å². The SMILES string of the molecule is COCCCN(CC(=O)Nc1nccs1)C(=O)c1ccco1. The van der Waals surface area contributed by atoms with Crippen LogP contribution in [0.2, 0.25) is 0 Å². The zero-order valence-electron chi connectivity index (χ0n) is 12.2. The van der Waals surface area contributed by atoms with Crippen LogP contribution in [0.3, 0.4) is 0 Å². The predicted octanol–water partition coefficient (Wildman–Crippen LogP) is 1.85. The number of aromatic nitrogens is 1. The Hall–Kier alpha value is -2.19. The average Bonchev–Trinajstić information content (AvgIpc) is 3.18. The van der Waals surface area contributed by atoms with Gasteiger partial charge >= 0.3 is 0 Å². The van der Waals surface area contributed by atoms with Gasteiger partial charge in [-0.1, -0.05) is 0 Å². The second kappa shape index (κ2) is 8.30. The van der Waals surface area contributed by atoms with E-state index >= 15 is 0 Å². The van der Waals surface area contributed by atoms with Crippen molar-refractivity contribution in [2.75, 3.05) is 32.1 Å². The number of ether oxygens (including phenoxy) is 1. The summed E-state index contributed by atoms with van der Waals surface area (Å²) >= 11 is 1.32. The van der Waals surface area contributed by atoms with Crippen LogP contribution in [-0.2, 0) is 9.53 Å². The molecule has 0 aromatic carbocycles. The van der Waals surface area contributed by atoms with Crippen molar-refractivity contribution in [2.45, 2.75) is 6.42 Å². The van der Waals surface area contributed by atoms with Crippen molar-refractivity contribution in [3.63, 3.8) is 0 Å². The molecule has 1 N–H and O–H groups in total. The van der Waals surface area contributed by atoms with Crippen LogP contribution < -0.4 is 5.32 Å². The van der Waals surface area contributed by atoms with Gasteiger partial charge in [-0.05, 0) is 18.6 Å². The van der Waals surface area contributed by atoms with Crippen LogP contribution in [0.4, 0.5) is 5.13 Å². The van der Waals surface area contributed by atoms with Crippen LogP contribution in [0.25, 0.3) is 0 Å². The number of carbonyl (C=O) groups is 2. The summed E-state index contributed by atoms with van der Waals surface area (Å²) in [5, 5.41) is 4.93. The lowest BCUT2D eigenvalue weighted by molar-refractivity contribution is -0.117. The fourth-order valence-electron chi connectivity index (χ4n) is 1.83. The maximum Gasteiger partial charge on any atom is 0.290 e. The van der Waals surface area contributed by atoms with E-state index in [1.54, 1.807) is 30.8 Å². The van der Waals surface area contributed by atoms with E-state index in [0.717, 1.165) is 0 Å². The Labute approximate surface area is 131 Å². The Kier molecular flexibility index (Phi) is 6.11. The lowest BCUT2D eigenvalue weighted by Crippen LogP contribution is -2.38. The molecular weight excluding hydrogens is 306 g/mol. The van der Waals surface area contributed by atoms with Gasteiger partial charge in [0, 0.05) is 31.8 Å². The Balaban J connectivity index is 1.97. The molecule has 2 amide bonds. The molecule has 0 bridgehead atoms. The molecule has 0 radical (unpaired) electrons. The summed E-state index contributed by atoms with van der Waals surface area (Å²) in [5.41, 5.74) is 0. The number of nitrogens with one attached hydrogen (secondary N) is 1. The van der Waals surface area contributed by atoms with Crippen LogP contribution in [0.15, 0.2) is 34.4 Å². The lowest BCUT2D eigenvalue weighted by Gasteiger charge is -2.20. The molecule has 22 heavy (non-hydrogen) atoms. The van der Waals surface area contributed by atoms with Gasteiger partial charge in [-0.25, -0.2) is 4.98 Å². The summed E-state index contributed by atoms with van der Waals surface area (Å²) in [4.78, 5) is 29.8. The standard InChI is InChI=1S/C14H17N3O4S/c1-20-7-3-6-17(13(19)11-4-2-8-21-11)10-12(18)16-14-15-5-9-22-14/h2,4-5,8-9H,3,6-7,10H2,1H3,(H,15,16,18). The third-order valence-electron chi connectivity index (χ3n) is 2.81. The first-order valence-corrected chi connectivity index (χ1v) is 7.59. The van der Waals surface area contributed by atoms with Gasteiger partial charge in [0.15, 0.2) is 10.9 Å². The van der Waals surface area contributed by atoms with E-state index in [0.29, 0.717) is 24.7 Å². The molecule has 0 aliphatic heterocycles. The molecule has 0 fully saturated rings. The largest absolute Gasteiger partial charge is 0.459 e. The summed E-state index contributed by atoms with van der Waals surface area (Å²) in [6.07, 6.45) is 3.66. The number of hydrogen-bond acceptors (Lipinski definition) is 6. The molecule has 0 unspecified atom stereocenters. The van der Waals surface area contributed by atoms with Crippen LogP contribution in [-0.4, -0.2) is 48.5 Å². The molecule has 0 spiro atoms. The molecule has 2 aromatic rings. The quantitative estimate of drug-likeness (QED) is 0.750. The Morgan fingerprint density at radius 2 is 2.36 bits per heavy atom. The van der Waals surface area contributed by atoms with E-state index in [-0.39, 0.29) is 24.1 Å². The molecular formula is C14H17N3O4S. The number of hydrogen-bond donors (Lipinski definition) is 1. The van der Waals surface area contributed by atoms with Gasteiger partial charge < -0.3 is 19.4 Å². The topological polar surface area (TPSA) is 84.7 Å². The van der Waals surface area contributed by atoms with Gasteiger partial charge in [0.25, 0.3) is 5.91 Å². The van der Waals surface area contributed by atoms with E-state index in [1.807, 2.05) is 0 Å². The molecule has 8 heteroatoms. The van der Waals surface area contributed by atoms with Crippen molar-refractivity contribution in [3.05, 3.63) is 35.7 Å². The molecule has 2 rings (SSSR count). The van der Waals surface area contributed by atoms with Crippen molar-refractivity contribution in [1.29, 1.82) is 0 Å². The van der Waals surface area contributed by atoms with Crippen LogP contribution in [0, 0.1) is 0 Å². The van der Waals surface area contributed by atoms with E-state index in [2.05, 4.69) is 10.3 Å². The van der Waals surface area contributed by atoms with Crippen molar-refractivity contribution in [2.24, 2.45) is 0 Å². The van der Waals surface area contributed by atoms with Gasteiger partial charge in [-0.15, -0.1) is 11.3 Å². The lowest BCUT2D eigenvalue weighted by atomic mass is 10.3. The van der Waals surface area contributed by atoms with E-state index in [4.69, 9.17) is 9.15 Å². The number of anilines is 1. The van der Waals surface area contributed by atoms with Gasteiger partial charge in [0.05, 0.1) is 6.26 Å². The highest BCUT2D eigenvalue weighted by Gasteiger charge is 2.21. The monoisotopic (exact) mass is 323 g/mol. The van der Waals surface area contributed by atoms with Gasteiger partial charge in [-0.3, -0.25) is 9.59 Å². The number of carbonyl (C=O) groups excluding carboxylic acids is 2. The van der Waals surface area contributed by atoms with Crippen LogP contribution >= 0.6 is 11.3 Å². The maximum absolute atomic E-state index is 12.3. The first kappa shape index (κ1) is 16.2. The minimum atomic E-state index is -0.324. The van der Waals surface area contributed by atoms with Crippen molar-refractivity contribution in [3.8, 4) is 0 Å². The van der Waals surface area contributed by atoms with Gasteiger partial charge in [0.1, 0.15) is 6.54 Å². The normalized spacial score (nSPS) is 10.4. The second-order valence-corrected chi connectivity index (χ2v) is 5.33. The molecule has 0 saturated carbocycles. The summed E-state index contributed by atoms with van der Waals surface area (Å²) in [6.45, 7) is 0.845. The third-order valence-corrected chi connectivity index (χ3v) is 3.50. The number of methoxy groups -OCH3 is 1. The zero-order valence-corrected chi connectivity index (χ0v) is 13.0. The highest BCUT2D eigenvalue weighted by molar-refractivity contribution is 7.13. The molecule has 7 nitrogen and oxygen atoms in total. The van der Waals surface area contributed by atoms with E-state index in [9.17, 15) is 9.59 Å². The van der Waals surface area contributed by atoms with Gasteiger partial charge in [0.2, 0.25) is 5.91 Å². The Morgan fingerprint density at radius 1 is 1.50 bits per heavy atom. The summed E-state index contributed by atoms with van der Waals surface area (Å²) < 4.78 is 10.1. The third kappa shape index (κ3) is 4.68. The second-order valence-electron chi connectivity index (χ2n) is 4.44. The molecule has 2 aromatic heterocycles. The van der Waals surface area contributed by atoms with Crippen molar-refractivity contribution >= 4 is 28.3 Å². The zero-order chi connectivity index (χ0) is 15.8. The van der Waals surface area contributed by atoms with Crippen LogP contribution in [0.1, 0.15) is 17.0 Å². The van der Waals surface area contributed by atoms with Gasteiger partial charge in [-0.2, -0.15) is 0 Å². The summed E-state index contributed by atoms with van der Waals surface area (Å²) in [7, 11) is 1.59. The minimum Gasteiger partial charge on any atom is -0.459 e. The first-order valence-electron chi connectivity index (χ1n) is 6.71. The number of rotatable bonds is 8. The highest BCUT2D eigenvalue weighted by Crippen LogP contribution is 2.11. The molecule has 0 atom stereocenters. The predicted molar refractivity (Wildman–Crippen MR) is 81.8 cm³/mol. The summed E-state index contributed by atoms with van der Waals surface area (Å²) in [5.74, 6) is -0.415. The smallest absolute Gasteiger partial charge is 0.290 e. The first-order chi connectivity index (χ1) is 10.7. The maximum atomic E-state index is 12.3. The summed E-state index contributed by atoms with van der Waals surface area (Å²) in [6, 6.07) is 3.21. The van der Waals surface area contributed by atoms with Crippen LogP contribution in [0.5, 0.6) is 0 Å². The fourth-order valence-corrected chi connectivity index (χ4v) is 2.37. The number of furan rings is 1. The fraction of sp³-hybridized carbons (Fsp3) is 0.357. The Morgan fingerprint density at radius 3 is 3.00 bits per heavy atom. The molecule has 0 aliphatic carbocycles. The average molecular weight is 323 g/mol. The number of thiazole rings is 1.